The second-order valence-corrected chi connectivity index (χ2v) is 6.47. The molecule has 0 aromatic heterocycles. The van der Waals surface area contributed by atoms with E-state index in [9.17, 15) is 0 Å². The highest BCUT2D eigenvalue weighted by Crippen LogP contribution is 2.40. The largest absolute Gasteiger partial charge is 0.371 e. The molecule has 2 aromatic carbocycles. The Morgan fingerprint density at radius 2 is 1.76 bits per heavy atom. The summed E-state index contributed by atoms with van der Waals surface area (Å²) < 4.78 is 1.08. The molecule has 1 heterocycles. The molecule has 3 nitrogen and oxygen atoms in total. The van der Waals surface area contributed by atoms with Crippen molar-refractivity contribution < 1.29 is 0 Å². The predicted octanol–water partition coefficient (Wildman–Crippen LogP) is 4.06. The summed E-state index contributed by atoms with van der Waals surface area (Å²) in [5.41, 5.74) is 11.0. The van der Waals surface area contributed by atoms with Crippen molar-refractivity contribution in [3.8, 4) is 0 Å². The van der Waals surface area contributed by atoms with Crippen LogP contribution in [0, 0.1) is 0 Å². The van der Waals surface area contributed by atoms with Gasteiger partial charge < -0.3 is 15.5 Å². The first-order valence-corrected chi connectivity index (χ1v) is 8.00. The molecule has 0 aliphatic carbocycles. The SMILES string of the molecule is CC(N)c1ccc(Br)cc1N1CCN(C)c2ccccc21. The summed E-state index contributed by atoms with van der Waals surface area (Å²) >= 11 is 3.59. The van der Waals surface area contributed by atoms with Gasteiger partial charge in [-0.1, -0.05) is 34.1 Å². The number of fused-ring (bicyclic) bond motifs is 1. The third-order valence-corrected chi connectivity index (χ3v) is 4.51. The van der Waals surface area contributed by atoms with Crippen LogP contribution in [0.15, 0.2) is 46.9 Å². The number of rotatable bonds is 2. The first kappa shape index (κ1) is 14.4. The number of nitrogens with two attached hydrogens (primary N) is 1. The molecule has 0 bridgehead atoms. The van der Waals surface area contributed by atoms with Crippen molar-refractivity contribution in [3.05, 3.63) is 52.5 Å². The van der Waals surface area contributed by atoms with Gasteiger partial charge in [-0.3, -0.25) is 0 Å². The number of likely N-dealkylation sites (N-methyl/N-ethyl adjacent to an activating group) is 1. The fourth-order valence-electron chi connectivity index (χ4n) is 2.89. The van der Waals surface area contributed by atoms with Gasteiger partial charge in [-0.05, 0) is 36.8 Å². The minimum absolute atomic E-state index is 0.0138. The van der Waals surface area contributed by atoms with Crippen LogP contribution in [-0.2, 0) is 0 Å². The van der Waals surface area contributed by atoms with E-state index in [0.717, 1.165) is 17.6 Å². The summed E-state index contributed by atoms with van der Waals surface area (Å²) in [6, 6.07) is 14.9. The highest BCUT2D eigenvalue weighted by atomic mass is 79.9. The lowest BCUT2D eigenvalue weighted by Gasteiger charge is -2.38. The van der Waals surface area contributed by atoms with E-state index in [2.05, 4.69) is 75.2 Å². The number of hydrogen-bond donors (Lipinski definition) is 1. The third kappa shape index (κ3) is 2.65. The molecule has 0 radical (unpaired) electrons. The molecule has 1 aliphatic rings. The van der Waals surface area contributed by atoms with Gasteiger partial charge in [0.1, 0.15) is 0 Å². The molecular formula is C17H20BrN3. The van der Waals surface area contributed by atoms with Crippen molar-refractivity contribution in [2.45, 2.75) is 13.0 Å². The van der Waals surface area contributed by atoms with Gasteiger partial charge in [0, 0.05) is 36.3 Å². The van der Waals surface area contributed by atoms with E-state index in [1.165, 1.54) is 22.6 Å². The zero-order valence-electron chi connectivity index (χ0n) is 12.4. The average molecular weight is 346 g/mol. The van der Waals surface area contributed by atoms with E-state index in [1.54, 1.807) is 0 Å². The van der Waals surface area contributed by atoms with Crippen molar-refractivity contribution in [3.63, 3.8) is 0 Å². The number of hydrogen-bond acceptors (Lipinski definition) is 3. The number of para-hydroxylation sites is 2. The Bertz CT molecular complexity index is 654. The van der Waals surface area contributed by atoms with Gasteiger partial charge in [0.2, 0.25) is 0 Å². The molecule has 1 unspecified atom stereocenters. The minimum atomic E-state index is 0.0138. The highest BCUT2D eigenvalue weighted by Gasteiger charge is 2.23. The monoisotopic (exact) mass is 345 g/mol. The maximum absolute atomic E-state index is 6.17. The molecule has 0 amide bonds. The van der Waals surface area contributed by atoms with Crippen molar-refractivity contribution in [1.29, 1.82) is 0 Å². The van der Waals surface area contributed by atoms with Gasteiger partial charge in [-0.25, -0.2) is 0 Å². The number of benzene rings is 2. The van der Waals surface area contributed by atoms with Gasteiger partial charge in [0.25, 0.3) is 0 Å². The fraction of sp³-hybridized carbons (Fsp3) is 0.294. The fourth-order valence-corrected chi connectivity index (χ4v) is 3.24. The van der Waals surface area contributed by atoms with E-state index >= 15 is 0 Å². The van der Waals surface area contributed by atoms with E-state index in [1.807, 2.05) is 6.92 Å². The van der Waals surface area contributed by atoms with E-state index in [4.69, 9.17) is 5.73 Å². The van der Waals surface area contributed by atoms with Gasteiger partial charge in [0.05, 0.1) is 11.4 Å². The predicted molar refractivity (Wildman–Crippen MR) is 93.5 cm³/mol. The lowest BCUT2D eigenvalue weighted by molar-refractivity contribution is 0.786. The van der Waals surface area contributed by atoms with E-state index < -0.39 is 0 Å². The number of anilines is 3. The van der Waals surface area contributed by atoms with Crippen LogP contribution in [0.1, 0.15) is 18.5 Å². The molecule has 2 aromatic rings. The van der Waals surface area contributed by atoms with Crippen LogP contribution in [0.2, 0.25) is 0 Å². The Morgan fingerprint density at radius 3 is 2.48 bits per heavy atom. The normalized spacial score (nSPS) is 15.8. The van der Waals surface area contributed by atoms with Gasteiger partial charge in [-0.15, -0.1) is 0 Å². The topological polar surface area (TPSA) is 32.5 Å². The molecule has 0 spiro atoms. The van der Waals surface area contributed by atoms with E-state index in [-0.39, 0.29) is 6.04 Å². The first-order chi connectivity index (χ1) is 10.1. The molecule has 0 fully saturated rings. The summed E-state index contributed by atoms with van der Waals surface area (Å²) in [5.74, 6) is 0. The van der Waals surface area contributed by atoms with Gasteiger partial charge in [0.15, 0.2) is 0 Å². The highest BCUT2D eigenvalue weighted by molar-refractivity contribution is 9.10. The molecule has 2 N–H and O–H groups in total. The van der Waals surface area contributed by atoms with Crippen LogP contribution in [0.4, 0.5) is 17.1 Å². The Morgan fingerprint density at radius 1 is 1.05 bits per heavy atom. The quantitative estimate of drug-likeness (QED) is 0.890. The van der Waals surface area contributed by atoms with Crippen LogP contribution in [-0.4, -0.2) is 20.1 Å². The van der Waals surface area contributed by atoms with Crippen LogP contribution in [0.5, 0.6) is 0 Å². The lowest BCUT2D eigenvalue weighted by atomic mass is 10.0. The van der Waals surface area contributed by atoms with Gasteiger partial charge >= 0.3 is 0 Å². The van der Waals surface area contributed by atoms with Crippen LogP contribution < -0.4 is 15.5 Å². The zero-order valence-corrected chi connectivity index (χ0v) is 14.0. The summed E-state index contributed by atoms with van der Waals surface area (Å²) in [4.78, 5) is 4.67. The van der Waals surface area contributed by atoms with Gasteiger partial charge in [-0.2, -0.15) is 0 Å². The van der Waals surface area contributed by atoms with Crippen molar-refractivity contribution in [2.24, 2.45) is 5.73 Å². The summed E-state index contributed by atoms with van der Waals surface area (Å²) in [5, 5.41) is 0. The summed E-state index contributed by atoms with van der Waals surface area (Å²) in [6.07, 6.45) is 0. The zero-order chi connectivity index (χ0) is 15.0. The molecule has 21 heavy (non-hydrogen) atoms. The second kappa shape index (κ2) is 5.70. The number of halogens is 1. The van der Waals surface area contributed by atoms with Crippen molar-refractivity contribution >= 4 is 33.0 Å². The molecule has 3 rings (SSSR count). The number of nitrogens with zero attached hydrogens (tertiary/aromatic N) is 2. The molecule has 1 atom stereocenters. The Hall–Kier alpha value is -1.52. The maximum atomic E-state index is 6.17. The maximum Gasteiger partial charge on any atom is 0.0649 e. The van der Waals surface area contributed by atoms with Crippen molar-refractivity contribution in [1.82, 2.24) is 0 Å². The molecular weight excluding hydrogens is 326 g/mol. The summed E-state index contributed by atoms with van der Waals surface area (Å²) in [6.45, 7) is 4.00. The Labute approximate surface area is 134 Å². The van der Waals surface area contributed by atoms with Crippen LogP contribution >= 0.6 is 15.9 Å². The first-order valence-electron chi connectivity index (χ1n) is 7.20. The molecule has 0 saturated carbocycles. The Balaban J connectivity index is 2.14. The minimum Gasteiger partial charge on any atom is -0.371 e. The molecule has 4 heteroatoms. The molecule has 0 saturated heterocycles. The average Bonchev–Trinajstić information content (AvgIpc) is 2.47. The van der Waals surface area contributed by atoms with E-state index in [0.29, 0.717) is 0 Å². The lowest BCUT2D eigenvalue weighted by Crippen LogP contribution is -2.37. The van der Waals surface area contributed by atoms with Crippen LogP contribution in [0.3, 0.4) is 0 Å². The third-order valence-electron chi connectivity index (χ3n) is 4.02. The second-order valence-electron chi connectivity index (χ2n) is 5.55. The smallest absolute Gasteiger partial charge is 0.0649 e. The molecule has 110 valence electrons. The molecule has 1 aliphatic heterocycles. The summed E-state index contributed by atoms with van der Waals surface area (Å²) in [7, 11) is 2.14. The standard InChI is InChI=1S/C17H20BrN3/c1-12(19)14-8-7-13(18)11-17(14)21-10-9-20(2)15-5-3-4-6-16(15)21/h3-8,11-12H,9-10,19H2,1-2H3. The van der Waals surface area contributed by atoms with Crippen LogP contribution in [0.25, 0.3) is 0 Å². The Kier molecular flexibility index (Phi) is 3.91. The van der Waals surface area contributed by atoms with Crippen molar-refractivity contribution in [2.75, 3.05) is 29.9 Å².